The molecule has 0 saturated carbocycles. The fourth-order valence-corrected chi connectivity index (χ4v) is 1.62. The summed E-state index contributed by atoms with van der Waals surface area (Å²) in [6.45, 7) is 3.08. The Morgan fingerprint density at radius 1 is 1.56 bits per heavy atom. The Morgan fingerprint density at radius 2 is 2.31 bits per heavy atom. The van der Waals surface area contributed by atoms with Crippen molar-refractivity contribution in [2.45, 2.75) is 19.4 Å². The summed E-state index contributed by atoms with van der Waals surface area (Å²) in [4.78, 5) is 0. The van der Waals surface area contributed by atoms with Crippen molar-refractivity contribution in [1.82, 2.24) is 5.43 Å². The SMILES string of the molecule is CCOCCC(NN)c1ccc(Cl)cc1F. The van der Waals surface area contributed by atoms with Crippen LogP contribution in [0.1, 0.15) is 24.9 Å². The first-order valence-electron chi connectivity index (χ1n) is 5.17. The molecule has 1 aromatic carbocycles. The first-order chi connectivity index (χ1) is 7.69. The van der Waals surface area contributed by atoms with Crippen LogP contribution in [0, 0.1) is 5.82 Å². The Morgan fingerprint density at radius 3 is 2.88 bits per heavy atom. The number of rotatable bonds is 6. The van der Waals surface area contributed by atoms with Gasteiger partial charge in [0.05, 0.1) is 6.04 Å². The van der Waals surface area contributed by atoms with Gasteiger partial charge in [-0.25, -0.2) is 4.39 Å². The molecule has 3 N–H and O–H groups in total. The summed E-state index contributed by atoms with van der Waals surface area (Å²) in [6.07, 6.45) is 0.614. The minimum absolute atomic E-state index is 0.260. The molecule has 1 aromatic rings. The molecule has 5 heteroatoms. The molecule has 0 bridgehead atoms. The van der Waals surface area contributed by atoms with Crippen molar-refractivity contribution in [2.75, 3.05) is 13.2 Å². The molecule has 1 rings (SSSR count). The van der Waals surface area contributed by atoms with Gasteiger partial charge >= 0.3 is 0 Å². The van der Waals surface area contributed by atoms with Crippen LogP contribution in [0.2, 0.25) is 5.02 Å². The molecular weight excluding hydrogens is 231 g/mol. The predicted octanol–water partition coefficient (Wildman–Crippen LogP) is 2.41. The topological polar surface area (TPSA) is 47.3 Å². The average molecular weight is 247 g/mol. The molecule has 0 aromatic heterocycles. The van der Waals surface area contributed by atoms with Gasteiger partial charge in [-0.1, -0.05) is 17.7 Å². The quantitative estimate of drug-likeness (QED) is 0.460. The average Bonchev–Trinajstić information content (AvgIpc) is 2.26. The van der Waals surface area contributed by atoms with Crippen LogP contribution in [-0.4, -0.2) is 13.2 Å². The van der Waals surface area contributed by atoms with E-state index in [1.54, 1.807) is 12.1 Å². The minimum atomic E-state index is -0.355. The van der Waals surface area contributed by atoms with Crippen LogP contribution in [0.15, 0.2) is 18.2 Å². The summed E-state index contributed by atoms with van der Waals surface area (Å²) >= 11 is 5.68. The van der Waals surface area contributed by atoms with Gasteiger partial charge in [-0.15, -0.1) is 0 Å². The third-order valence-electron chi connectivity index (χ3n) is 2.29. The lowest BCUT2D eigenvalue weighted by Gasteiger charge is -2.16. The van der Waals surface area contributed by atoms with E-state index in [1.807, 2.05) is 6.92 Å². The van der Waals surface area contributed by atoms with Gasteiger partial charge in [0.2, 0.25) is 0 Å². The van der Waals surface area contributed by atoms with Crippen molar-refractivity contribution in [1.29, 1.82) is 0 Å². The standard InChI is InChI=1S/C11H16ClFN2O/c1-2-16-6-5-11(15-14)9-4-3-8(12)7-10(9)13/h3-4,7,11,15H,2,5-6,14H2,1H3. The maximum absolute atomic E-state index is 13.6. The fraction of sp³-hybridized carbons (Fsp3) is 0.455. The Labute approximate surface area is 99.7 Å². The number of hydrazine groups is 1. The second-order valence-electron chi connectivity index (χ2n) is 3.37. The third kappa shape index (κ3) is 3.72. The molecule has 0 radical (unpaired) electrons. The molecule has 0 aliphatic carbocycles. The maximum atomic E-state index is 13.6. The summed E-state index contributed by atoms with van der Waals surface area (Å²) < 4.78 is 18.8. The van der Waals surface area contributed by atoms with Gasteiger partial charge in [-0.3, -0.25) is 11.3 Å². The van der Waals surface area contributed by atoms with E-state index in [4.69, 9.17) is 22.2 Å². The van der Waals surface area contributed by atoms with Crippen LogP contribution in [-0.2, 0) is 4.74 Å². The molecular formula is C11H16ClFN2O. The lowest BCUT2D eigenvalue weighted by molar-refractivity contribution is 0.136. The number of nitrogens with two attached hydrogens (primary N) is 1. The Hall–Kier alpha value is -0.680. The third-order valence-corrected chi connectivity index (χ3v) is 2.53. The van der Waals surface area contributed by atoms with Crippen LogP contribution in [0.25, 0.3) is 0 Å². The van der Waals surface area contributed by atoms with Crippen LogP contribution in [0.4, 0.5) is 4.39 Å². The summed E-state index contributed by atoms with van der Waals surface area (Å²) in [5.41, 5.74) is 3.08. The first-order valence-corrected chi connectivity index (χ1v) is 5.55. The van der Waals surface area contributed by atoms with Crippen LogP contribution in [0.5, 0.6) is 0 Å². The monoisotopic (exact) mass is 246 g/mol. The van der Waals surface area contributed by atoms with Gasteiger partial charge in [0.1, 0.15) is 5.82 Å². The van der Waals surface area contributed by atoms with E-state index in [0.29, 0.717) is 30.2 Å². The molecule has 1 unspecified atom stereocenters. The van der Waals surface area contributed by atoms with Crippen LogP contribution in [0.3, 0.4) is 0 Å². The highest BCUT2D eigenvalue weighted by Crippen LogP contribution is 2.22. The first kappa shape index (κ1) is 13.4. The second kappa shape index (κ2) is 6.81. The smallest absolute Gasteiger partial charge is 0.129 e. The molecule has 0 heterocycles. The van der Waals surface area contributed by atoms with Crippen molar-refractivity contribution in [3.05, 3.63) is 34.6 Å². The van der Waals surface area contributed by atoms with Crippen molar-refractivity contribution in [3.63, 3.8) is 0 Å². The van der Waals surface area contributed by atoms with Gasteiger partial charge in [-0.05, 0) is 25.5 Å². The Kier molecular flexibility index (Phi) is 5.69. The van der Waals surface area contributed by atoms with E-state index >= 15 is 0 Å². The van der Waals surface area contributed by atoms with Crippen LogP contribution >= 0.6 is 11.6 Å². The molecule has 0 saturated heterocycles. The van der Waals surface area contributed by atoms with E-state index in [-0.39, 0.29) is 11.9 Å². The van der Waals surface area contributed by atoms with Crippen molar-refractivity contribution < 1.29 is 9.13 Å². The zero-order chi connectivity index (χ0) is 12.0. The summed E-state index contributed by atoms with van der Waals surface area (Å²) in [7, 11) is 0. The van der Waals surface area contributed by atoms with Crippen molar-refractivity contribution in [3.8, 4) is 0 Å². The zero-order valence-corrected chi connectivity index (χ0v) is 9.93. The van der Waals surface area contributed by atoms with Gasteiger partial charge < -0.3 is 4.74 Å². The number of ether oxygens (including phenoxy) is 1. The molecule has 0 aliphatic heterocycles. The minimum Gasteiger partial charge on any atom is -0.382 e. The molecule has 90 valence electrons. The molecule has 1 atom stereocenters. The van der Waals surface area contributed by atoms with Gasteiger partial charge in [0, 0.05) is 23.8 Å². The molecule has 0 aliphatic rings. The Bertz CT molecular complexity index is 336. The van der Waals surface area contributed by atoms with E-state index in [9.17, 15) is 4.39 Å². The number of hydrogen-bond donors (Lipinski definition) is 2. The van der Waals surface area contributed by atoms with Crippen LogP contribution < -0.4 is 11.3 Å². The normalized spacial score (nSPS) is 12.8. The van der Waals surface area contributed by atoms with E-state index < -0.39 is 0 Å². The maximum Gasteiger partial charge on any atom is 0.129 e. The highest BCUT2D eigenvalue weighted by atomic mass is 35.5. The Balaban J connectivity index is 2.70. The summed E-state index contributed by atoms with van der Waals surface area (Å²) in [5, 5.41) is 0.377. The molecule has 0 spiro atoms. The molecule has 0 fully saturated rings. The van der Waals surface area contributed by atoms with Crippen molar-refractivity contribution in [2.24, 2.45) is 5.84 Å². The number of halogens is 2. The summed E-state index contributed by atoms with van der Waals surface area (Å²) in [6, 6.07) is 4.30. The highest BCUT2D eigenvalue weighted by molar-refractivity contribution is 6.30. The number of benzene rings is 1. The number of nitrogens with one attached hydrogen (secondary N) is 1. The van der Waals surface area contributed by atoms with E-state index in [1.165, 1.54) is 6.07 Å². The zero-order valence-electron chi connectivity index (χ0n) is 9.17. The van der Waals surface area contributed by atoms with E-state index in [0.717, 1.165) is 0 Å². The lowest BCUT2D eigenvalue weighted by atomic mass is 10.0. The second-order valence-corrected chi connectivity index (χ2v) is 3.81. The van der Waals surface area contributed by atoms with Gasteiger partial charge in [-0.2, -0.15) is 0 Å². The predicted molar refractivity (Wildman–Crippen MR) is 62.6 cm³/mol. The molecule has 16 heavy (non-hydrogen) atoms. The van der Waals surface area contributed by atoms with Gasteiger partial charge in [0.25, 0.3) is 0 Å². The molecule has 3 nitrogen and oxygen atoms in total. The largest absolute Gasteiger partial charge is 0.382 e. The highest BCUT2D eigenvalue weighted by Gasteiger charge is 2.14. The number of hydrogen-bond acceptors (Lipinski definition) is 3. The lowest BCUT2D eigenvalue weighted by Crippen LogP contribution is -2.29. The fourth-order valence-electron chi connectivity index (χ4n) is 1.46. The van der Waals surface area contributed by atoms with Crippen molar-refractivity contribution >= 4 is 11.6 Å². The summed E-state index contributed by atoms with van der Waals surface area (Å²) in [5.74, 6) is 5.03. The van der Waals surface area contributed by atoms with E-state index in [2.05, 4.69) is 5.43 Å². The molecule has 0 amide bonds. The van der Waals surface area contributed by atoms with Gasteiger partial charge in [0.15, 0.2) is 0 Å².